The van der Waals surface area contributed by atoms with E-state index in [2.05, 4.69) is 25.3 Å². The zero-order chi connectivity index (χ0) is 17.9. The van der Waals surface area contributed by atoms with E-state index in [4.69, 9.17) is 4.98 Å². The van der Waals surface area contributed by atoms with Gasteiger partial charge in [0.1, 0.15) is 5.82 Å². The van der Waals surface area contributed by atoms with Gasteiger partial charge >= 0.3 is 0 Å². The Balaban J connectivity index is 2.42. The first-order valence-corrected chi connectivity index (χ1v) is 10.9. The molecule has 0 aliphatic heterocycles. The Hall–Kier alpha value is -1.05. The van der Waals surface area contributed by atoms with Crippen LogP contribution in [-0.2, 0) is 22.3 Å². The lowest BCUT2D eigenvalue weighted by molar-refractivity contribution is 0.521. The number of imidazole rings is 1. The Labute approximate surface area is 149 Å². The molecule has 0 unspecified atom stereocenters. The highest BCUT2D eigenvalue weighted by atomic mass is 32.2. The van der Waals surface area contributed by atoms with Crippen LogP contribution >= 0.6 is 11.8 Å². The smallest absolute Gasteiger partial charge is 0.242 e. The Morgan fingerprint density at radius 1 is 1.29 bits per heavy atom. The van der Waals surface area contributed by atoms with Gasteiger partial charge in [0.25, 0.3) is 0 Å². The summed E-state index contributed by atoms with van der Waals surface area (Å²) in [6.45, 7) is 7.45. The number of aryl methyl sites for hydroxylation is 1. The van der Waals surface area contributed by atoms with Crippen molar-refractivity contribution in [2.24, 2.45) is 5.92 Å². The molecule has 0 fully saturated rings. The highest BCUT2D eigenvalue weighted by Gasteiger charge is 2.19. The van der Waals surface area contributed by atoms with Crippen molar-refractivity contribution in [1.29, 1.82) is 0 Å². The average Bonchev–Trinajstić information content (AvgIpc) is 2.84. The number of hydrogen-bond donors (Lipinski definition) is 0. The second kappa shape index (κ2) is 7.89. The van der Waals surface area contributed by atoms with Crippen LogP contribution in [0.25, 0.3) is 11.0 Å². The number of thioether (sulfide) groups is 1. The molecule has 1 aromatic carbocycles. The second-order valence-corrected chi connectivity index (χ2v) is 9.71. The Morgan fingerprint density at radius 3 is 2.58 bits per heavy atom. The van der Waals surface area contributed by atoms with Crippen LogP contribution in [0.2, 0.25) is 0 Å². The van der Waals surface area contributed by atoms with E-state index in [0.717, 1.165) is 41.3 Å². The van der Waals surface area contributed by atoms with Crippen LogP contribution in [0.1, 0.15) is 33.0 Å². The van der Waals surface area contributed by atoms with Gasteiger partial charge in [0.05, 0.1) is 21.7 Å². The number of benzene rings is 1. The minimum atomic E-state index is -3.43. The van der Waals surface area contributed by atoms with E-state index in [0.29, 0.717) is 10.8 Å². The molecular weight excluding hydrogens is 342 g/mol. The van der Waals surface area contributed by atoms with Crippen LogP contribution < -0.4 is 0 Å². The number of hydrogen-bond acceptors (Lipinski definition) is 4. The third kappa shape index (κ3) is 4.13. The third-order valence-electron chi connectivity index (χ3n) is 3.71. The SMILES string of the molecule is CCCn1c(CSCC(C)C)nc2cc(S(=O)(=O)N(C)C)ccc21. The zero-order valence-electron chi connectivity index (χ0n) is 15.1. The Kier molecular flexibility index (Phi) is 6.33. The number of sulfonamides is 1. The van der Waals surface area contributed by atoms with Gasteiger partial charge in [-0.25, -0.2) is 17.7 Å². The van der Waals surface area contributed by atoms with E-state index >= 15 is 0 Å². The fourth-order valence-corrected chi connectivity index (χ4v) is 4.41. The molecule has 2 rings (SSSR count). The lowest BCUT2D eigenvalue weighted by atomic mass is 10.3. The van der Waals surface area contributed by atoms with E-state index in [-0.39, 0.29) is 0 Å². The Morgan fingerprint density at radius 2 is 2.00 bits per heavy atom. The minimum Gasteiger partial charge on any atom is -0.327 e. The summed E-state index contributed by atoms with van der Waals surface area (Å²) >= 11 is 1.87. The maximum absolute atomic E-state index is 12.3. The van der Waals surface area contributed by atoms with Crippen molar-refractivity contribution in [2.75, 3.05) is 19.8 Å². The maximum Gasteiger partial charge on any atom is 0.242 e. The highest BCUT2D eigenvalue weighted by Crippen LogP contribution is 2.25. The molecule has 134 valence electrons. The molecule has 24 heavy (non-hydrogen) atoms. The number of nitrogens with zero attached hydrogens (tertiary/aromatic N) is 3. The summed E-state index contributed by atoms with van der Waals surface area (Å²) in [5, 5.41) is 0. The standard InChI is InChI=1S/C17H27N3O2S2/c1-6-9-20-16-8-7-14(24(21,22)19(4)5)10-15(16)18-17(20)12-23-11-13(2)3/h7-8,10,13H,6,9,11-12H2,1-5H3. The fourth-order valence-electron chi connectivity index (χ4n) is 2.50. The maximum atomic E-state index is 12.3. The predicted octanol–water partition coefficient (Wildman–Crippen LogP) is 3.59. The summed E-state index contributed by atoms with van der Waals surface area (Å²) in [6, 6.07) is 5.25. The molecule has 1 heterocycles. The van der Waals surface area contributed by atoms with Crippen molar-refractivity contribution in [3.8, 4) is 0 Å². The Bertz CT molecular complexity index is 796. The molecule has 0 bridgehead atoms. The lowest BCUT2D eigenvalue weighted by Crippen LogP contribution is -2.22. The van der Waals surface area contributed by atoms with Crippen molar-refractivity contribution in [3.63, 3.8) is 0 Å². The largest absolute Gasteiger partial charge is 0.327 e. The molecule has 0 saturated heterocycles. The van der Waals surface area contributed by atoms with Crippen molar-refractivity contribution in [1.82, 2.24) is 13.9 Å². The van der Waals surface area contributed by atoms with Gasteiger partial charge in [0, 0.05) is 20.6 Å². The quantitative estimate of drug-likeness (QED) is 0.713. The summed E-state index contributed by atoms with van der Waals surface area (Å²) in [5.41, 5.74) is 1.77. The molecule has 0 aliphatic carbocycles. The van der Waals surface area contributed by atoms with Gasteiger partial charge in [0.2, 0.25) is 10.0 Å². The average molecular weight is 370 g/mol. The van der Waals surface area contributed by atoms with Crippen LogP contribution in [0.5, 0.6) is 0 Å². The van der Waals surface area contributed by atoms with E-state index in [1.165, 1.54) is 4.31 Å². The van der Waals surface area contributed by atoms with Crippen LogP contribution in [0.3, 0.4) is 0 Å². The molecule has 0 N–H and O–H groups in total. The molecule has 0 atom stereocenters. The zero-order valence-corrected chi connectivity index (χ0v) is 16.7. The number of rotatable bonds is 8. The molecule has 2 aromatic rings. The van der Waals surface area contributed by atoms with Gasteiger partial charge in [-0.1, -0.05) is 20.8 Å². The molecule has 7 heteroatoms. The van der Waals surface area contributed by atoms with Crippen molar-refractivity contribution in [2.45, 2.75) is 44.4 Å². The van der Waals surface area contributed by atoms with Gasteiger partial charge in [-0.2, -0.15) is 11.8 Å². The first-order chi connectivity index (χ1) is 11.3. The van der Waals surface area contributed by atoms with E-state index in [9.17, 15) is 8.42 Å². The van der Waals surface area contributed by atoms with E-state index < -0.39 is 10.0 Å². The lowest BCUT2D eigenvalue weighted by Gasteiger charge is -2.11. The molecule has 5 nitrogen and oxygen atoms in total. The first kappa shape index (κ1) is 19.3. The summed E-state index contributed by atoms with van der Waals surface area (Å²) in [7, 11) is -0.344. The van der Waals surface area contributed by atoms with Crippen LogP contribution in [0.4, 0.5) is 0 Å². The van der Waals surface area contributed by atoms with Crippen LogP contribution in [-0.4, -0.2) is 42.1 Å². The van der Waals surface area contributed by atoms with Gasteiger partial charge in [-0.3, -0.25) is 0 Å². The van der Waals surface area contributed by atoms with E-state index in [1.54, 1.807) is 26.2 Å². The second-order valence-electron chi connectivity index (χ2n) is 6.53. The normalized spacial score (nSPS) is 12.6. The van der Waals surface area contributed by atoms with Crippen molar-refractivity contribution >= 4 is 32.8 Å². The molecular formula is C17H27N3O2S2. The highest BCUT2D eigenvalue weighted by molar-refractivity contribution is 7.98. The molecule has 0 spiro atoms. The first-order valence-electron chi connectivity index (χ1n) is 8.26. The van der Waals surface area contributed by atoms with Crippen molar-refractivity contribution < 1.29 is 8.42 Å². The fraction of sp³-hybridized carbons (Fsp3) is 0.588. The number of aromatic nitrogens is 2. The third-order valence-corrected chi connectivity index (χ3v) is 6.88. The van der Waals surface area contributed by atoms with Gasteiger partial charge in [0.15, 0.2) is 0 Å². The monoisotopic (exact) mass is 369 g/mol. The van der Waals surface area contributed by atoms with Crippen LogP contribution in [0.15, 0.2) is 23.1 Å². The van der Waals surface area contributed by atoms with Gasteiger partial charge in [-0.15, -0.1) is 0 Å². The summed E-state index contributed by atoms with van der Waals surface area (Å²) in [6.07, 6.45) is 1.02. The molecule has 0 radical (unpaired) electrons. The molecule has 0 aliphatic rings. The van der Waals surface area contributed by atoms with Crippen molar-refractivity contribution in [3.05, 3.63) is 24.0 Å². The summed E-state index contributed by atoms with van der Waals surface area (Å²) < 4.78 is 28.1. The van der Waals surface area contributed by atoms with E-state index in [1.807, 2.05) is 17.8 Å². The minimum absolute atomic E-state index is 0.294. The predicted molar refractivity (Wildman–Crippen MR) is 102 cm³/mol. The van der Waals surface area contributed by atoms with Gasteiger partial charge in [-0.05, 0) is 36.3 Å². The number of fused-ring (bicyclic) bond motifs is 1. The van der Waals surface area contributed by atoms with Gasteiger partial charge < -0.3 is 4.57 Å². The summed E-state index contributed by atoms with van der Waals surface area (Å²) in [5.74, 6) is 3.62. The molecule has 0 amide bonds. The topological polar surface area (TPSA) is 55.2 Å². The summed E-state index contributed by atoms with van der Waals surface area (Å²) in [4.78, 5) is 5.01. The van der Waals surface area contributed by atoms with Crippen LogP contribution in [0, 0.1) is 5.92 Å². The molecule has 0 saturated carbocycles. The molecule has 1 aromatic heterocycles.